The van der Waals surface area contributed by atoms with E-state index >= 15 is 0 Å². The Kier molecular flexibility index (Phi) is 4.00. The Labute approximate surface area is 112 Å². The molecule has 0 atom stereocenters. The number of hydrogen-bond acceptors (Lipinski definition) is 4. The van der Waals surface area contributed by atoms with Gasteiger partial charge in [-0.1, -0.05) is 12.1 Å². The summed E-state index contributed by atoms with van der Waals surface area (Å²) in [5.41, 5.74) is 0.697. The molecule has 2 aromatic rings. The average Bonchev–Trinajstić information content (AvgIpc) is 2.78. The predicted molar refractivity (Wildman–Crippen MR) is 68.4 cm³/mol. The molecule has 1 heterocycles. The molecule has 0 amide bonds. The summed E-state index contributed by atoms with van der Waals surface area (Å²) in [5, 5.41) is 9.58. The molecular formula is C11H10F2N4OS. The van der Waals surface area contributed by atoms with E-state index in [0.717, 1.165) is 4.68 Å². The molecule has 0 aliphatic rings. The van der Waals surface area contributed by atoms with Crippen molar-refractivity contribution in [1.82, 2.24) is 14.9 Å². The van der Waals surface area contributed by atoms with Crippen molar-refractivity contribution in [3.8, 4) is 5.75 Å². The second kappa shape index (κ2) is 5.70. The Morgan fingerprint density at radius 2 is 2.32 bits per heavy atom. The largest absolute Gasteiger partial charge is 0.497 e. The molecule has 1 aromatic carbocycles. The van der Waals surface area contributed by atoms with E-state index < -0.39 is 12.2 Å². The summed E-state index contributed by atoms with van der Waals surface area (Å²) in [6.07, 6.45) is -1.35. The third-order valence-corrected chi connectivity index (χ3v) is 2.55. The van der Waals surface area contributed by atoms with Crippen LogP contribution in [0.4, 0.5) is 8.78 Å². The molecule has 0 saturated carbocycles. The number of hydrogen-bond donors (Lipinski definition) is 1. The highest BCUT2D eigenvalue weighted by atomic mass is 32.1. The van der Waals surface area contributed by atoms with Crippen LogP contribution < -0.4 is 4.74 Å². The SMILES string of the molecule is COc1cccc(C=Nn2c(C(F)F)n[nH]c2=S)c1. The Morgan fingerprint density at radius 1 is 1.53 bits per heavy atom. The highest BCUT2D eigenvalue weighted by molar-refractivity contribution is 7.71. The zero-order valence-electron chi connectivity index (χ0n) is 9.88. The Hall–Kier alpha value is -2.09. The molecule has 19 heavy (non-hydrogen) atoms. The minimum absolute atomic E-state index is 0.00875. The molecule has 1 N–H and O–H groups in total. The molecule has 0 aliphatic heterocycles. The van der Waals surface area contributed by atoms with E-state index in [9.17, 15) is 8.78 Å². The summed E-state index contributed by atoms with van der Waals surface area (Å²) in [5.74, 6) is 0.123. The fraction of sp³-hybridized carbons (Fsp3) is 0.182. The van der Waals surface area contributed by atoms with Crippen LogP contribution >= 0.6 is 12.2 Å². The first kappa shape index (κ1) is 13.3. The number of methoxy groups -OCH3 is 1. The first-order valence-electron chi connectivity index (χ1n) is 5.25. The minimum Gasteiger partial charge on any atom is -0.497 e. The van der Waals surface area contributed by atoms with Crippen molar-refractivity contribution >= 4 is 18.4 Å². The van der Waals surface area contributed by atoms with Gasteiger partial charge < -0.3 is 4.74 Å². The molecule has 0 saturated heterocycles. The Morgan fingerprint density at radius 3 is 3.00 bits per heavy atom. The quantitative estimate of drug-likeness (QED) is 0.694. The van der Waals surface area contributed by atoms with Crippen molar-refractivity contribution in [2.45, 2.75) is 6.43 Å². The smallest absolute Gasteiger partial charge is 0.299 e. The number of ether oxygens (including phenoxy) is 1. The first-order chi connectivity index (χ1) is 9.11. The highest BCUT2D eigenvalue weighted by Gasteiger charge is 2.15. The number of H-pyrrole nitrogens is 1. The van der Waals surface area contributed by atoms with Crippen molar-refractivity contribution < 1.29 is 13.5 Å². The van der Waals surface area contributed by atoms with Crippen LogP contribution in [0.25, 0.3) is 0 Å². The van der Waals surface area contributed by atoms with Crippen molar-refractivity contribution in [2.75, 3.05) is 7.11 Å². The van der Waals surface area contributed by atoms with E-state index in [2.05, 4.69) is 15.3 Å². The lowest BCUT2D eigenvalue weighted by molar-refractivity contribution is 0.136. The van der Waals surface area contributed by atoms with Gasteiger partial charge in [-0.2, -0.15) is 14.9 Å². The van der Waals surface area contributed by atoms with Crippen LogP contribution in [0.3, 0.4) is 0 Å². The van der Waals surface area contributed by atoms with Gasteiger partial charge in [0.15, 0.2) is 0 Å². The third-order valence-electron chi connectivity index (χ3n) is 2.29. The van der Waals surface area contributed by atoms with Gasteiger partial charge >= 0.3 is 0 Å². The van der Waals surface area contributed by atoms with Gasteiger partial charge in [0, 0.05) is 0 Å². The maximum Gasteiger partial charge on any atom is 0.299 e. The molecule has 8 heteroatoms. The van der Waals surface area contributed by atoms with Crippen molar-refractivity contribution in [3.63, 3.8) is 0 Å². The van der Waals surface area contributed by atoms with Gasteiger partial charge in [0.2, 0.25) is 10.6 Å². The number of aromatic nitrogens is 3. The van der Waals surface area contributed by atoms with Crippen LogP contribution in [0.5, 0.6) is 5.75 Å². The lowest BCUT2D eigenvalue weighted by Crippen LogP contribution is -1.99. The van der Waals surface area contributed by atoms with Crippen LogP contribution in [0.2, 0.25) is 0 Å². The number of halogens is 2. The lowest BCUT2D eigenvalue weighted by Gasteiger charge is -2.01. The maximum atomic E-state index is 12.6. The van der Waals surface area contributed by atoms with E-state index in [4.69, 9.17) is 17.0 Å². The first-order valence-corrected chi connectivity index (χ1v) is 5.66. The summed E-state index contributed by atoms with van der Waals surface area (Å²) in [7, 11) is 1.54. The highest BCUT2D eigenvalue weighted by Crippen LogP contribution is 2.16. The summed E-state index contributed by atoms with van der Waals surface area (Å²) in [6, 6.07) is 7.02. The normalized spacial score (nSPS) is 11.4. The lowest BCUT2D eigenvalue weighted by atomic mass is 10.2. The molecule has 0 bridgehead atoms. The molecular weight excluding hydrogens is 274 g/mol. The Bertz CT molecular complexity index is 650. The van der Waals surface area contributed by atoms with Crippen molar-refractivity contribution in [1.29, 1.82) is 0 Å². The molecule has 2 rings (SSSR count). The monoisotopic (exact) mass is 284 g/mol. The summed E-state index contributed by atoms with van der Waals surface area (Å²) in [6.45, 7) is 0. The molecule has 0 unspecified atom stereocenters. The zero-order valence-corrected chi connectivity index (χ0v) is 10.7. The standard InChI is InChI=1S/C11H10F2N4OS/c1-18-8-4-2-3-7(5-8)6-14-17-10(9(12)13)15-16-11(17)19/h2-6,9H,1H3,(H,16,19). The number of aromatic amines is 1. The van der Waals surface area contributed by atoms with Gasteiger partial charge in [-0.05, 0) is 29.9 Å². The summed E-state index contributed by atoms with van der Waals surface area (Å²) in [4.78, 5) is 0. The second-order valence-corrected chi connectivity index (χ2v) is 3.91. The van der Waals surface area contributed by atoms with E-state index in [1.54, 1.807) is 24.3 Å². The molecule has 1 aromatic heterocycles. The summed E-state index contributed by atoms with van der Waals surface area (Å²) < 4.78 is 31.2. The molecule has 5 nitrogen and oxygen atoms in total. The topological polar surface area (TPSA) is 55.2 Å². The van der Waals surface area contributed by atoms with Gasteiger partial charge in [0.25, 0.3) is 6.43 Å². The average molecular weight is 284 g/mol. The summed E-state index contributed by atoms with van der Waals surface area (Å²) >= 11 is 4.83. The fourth-order valence-corrected chi connectivity index (χ4v) is 1.59. The van der Waals surface area contributed by atoms with Crippen LogP contribution in [0.1, 0.15) is 17.8 Å². The number of benzene rings is 1. The predicted octanol–water partition coefficient (Wildman–Crippen LogP) is 2.77. The van der Waals surface area contributed by atoms with Gasteiger partial charge in [-0.25, -0.2) is 13.9 Å². The number of nitrogens with one attached hydrogen (secondary N) is 1. The van der Waals surface area contributed by atoms with Gasteiger partial charge in [0.1, 0.15) is 5.75 Å². The van der Waals surface area contributed by atoms with Gasteiger partial charge in [-0.15, -0.1) is 0 Å². The number of rotatable bonds is 4. The number of nitrogens with zero attached hydrogens (tertiary/aromatic N) is 3. The van der Waals surface area contributed by atoms with Crippen molar-refractivity contribution in [3.05, 3.63) is 40.4 Å². The molecule has 0 radical (unpaired) electrons. The minimum atomic E-state index is -2.75. The molecule has 0 spiro atoms. The maximum absolute atomic E-state index is 12.6. The van der Waals surface area contributed by atoms with E-state index in [-0.39, 0.29) is 4.77 Å². The van der Waals surface area contributed by atoms with Crippen LogP contribution in [-0.2, 0) is 0 Å². The third kappa shape index (κ3) is 3.02. The van der Waals surface area contributed by atoms with E-state index in [1.807, 2.05) is 0 Å². The fourth-order valence-electron chi connectivity index (χ4n) is 1.40. The Balaban J connectivity index is 2.32. The van der Waals surface area contributed by atoms with Gasteiger partial charge in [0.05, 0.1) is 13.3 Å². The second-order valence-electron chi connectivity index (χ2n) is 3.52. The van der Waals surface area contributed by atoms with Crippen LogP contribution in [0, 0.1) is 4.77 Å². The van der Waals surface area contributed by atoms with E-state index in [1.165, 1.54) is 13.3 Å². The molecule has 100 valence electrons. The number of alkyl halides is 2. The van der Waals surface area contributed by atoms with Gasteiger partial charge in [-0.3, -0.25) is 0 Å². The molecule has 0 fully saturated rings. The van der Waals surface area contributed by atoms with E-state index in [0.29, 0.717) is 11.3 Å². The van der Waals surface area contributed by atoms with Crippen LogP contribution in [-0.4, -0.2) is 28.2 Å². The van der Waals surface area contributed by atoms with Crippen LogP contribution in [0.15, 0.2) is 29.4 Å². The van der Waals surface area contributed by atoms with Crippen molar-refractivity contribution in [2.24, 2.45) is 5.10 Å². The zero-order chi connectivity index (χ0) is 13.8. The molecule has 0 aliphatic carbocycles.